The van der Waals surface area contributed by atoms with Crippen molar-refractivity contribution < 1.29 is 0 Å². The maximum absolute atomic E-state index is 11.3. The molecule has 0 aliphatic carbocycles. The van der Waals surface area contributed by atoms with E-state index in [2.05, 4.69) is 4.98 Å². The Bertz CT molecular complexity index is 455. The molecule has 4 nitrogen and oxygen atoms in total. The molecule has 0 fully saturated rings. The van der Waals surface area contributed by atoms with Gasteiger partial charge in [-0.15, -0.1) is 0 Å². The van der Waals surface area contributed by atoms with Crippen LogP contribution in [-0.2, 0) is 6.54 Å². The SMILES string of the molecule is CCn1ccc2nccc(=O)n21. The molecule has 0 aliphatic rings. The van der Waals surface area contributed by atoms with Gasteiger partial charge in [0.1, 0.15) is 0 Å². The fraction of sp³-hybridized carbons (Fsp3) is 0.250. The lowest BCUT2D eigenvalue weighted by molar-refractivity contribution is 0.600. The summed E-state index contributed by atoms with van der Waals surface area (Å²) < 4.78 is 3.38. The smallest absolute Gasteiger partial charge is 0.272 e. The second-order valence-electron chi connectivity index (χ2n) is 2.52. The largest absolute Gasteiger partial charge is 0.284 e. The van der Waals surface area contributed by atoms with Gasteiger partial charge in [-0.2, -0.15) is 4.52 Å². The van der Waals surface area contributed by atoms with Crippen molar-refractivity contribution in [2.45, 2.75) is 13.5 Å². The van der Waals surface area contributed by atoms with Gasteiger partial charge in [0, 0.05) is 31.1 Å². The third-order valence-corrected chi connectivity index (χ3v) is 1.83. The summed E-state index contributed by atoms with van der Waals surface area (Å²) in [5.41, 5.74) is 0.663. The topological polar surface area (TPSA) is 39.3 Å². The van der Waals surface area contributed by atoms with Crippen LogP contribution < -0.4 is 5.56 Å². The summed E-state index contributed by atoms with van der Waals surface area (Å²) in [6.45, 7) is 2.76. The normalized spacial score (nSPS) is 10.8. The fourth-order valence-corrected chi connectivity index (χ4v) is 1.25. The zero-order valence-electron chi connectivity index (χ0n) is 6.77. The molecule has 0 aliphatic heterocycles. The number of fused-ring (bicyclic) bond motifs is 1. The average Bonchev–Trinajstić information content (AvgIpc) is 2.49. The first-order valence-corrected chi connectivity index (χ1v) is 3.86. The molecule has 0 unspecified atom stereocenters. The van der Waals surface area contributed by atoms with Crippen LogP contribution in [0.1, 0.15) is 6.92 Å². The van der Waals surface area contributed by atoms with E-state index in [4.69, 9.17) is 0 Å². The minimum absolute atomic E-state index is 0.0353. The lowest BCUT2D eigenvalue weighted by atomic mass is 10.6. The van der Waals surface area contributed by atoms with Crippen LogP contribution in [0.4, 0.5) is 0 Å². The Hall–Kier alpha value is -1.58. The fourth-order valence-electron chi connectivity index (χ4n) is 1.25. The van der Waals surface area contributed by atoms with Gasteiger partial charge < -0.3 is 0 Å². The predicted molar refractivity (Wildman–Crippen MR) is 45.1 cm³/mol. The van der Waals surface area contributed by atoms with E-state index in [1.54, 1.807) is 4.52 Å². The molecule has 2 heterocycles. The van der Waals surface area contributed by atoms with E-state index in [0.29, 0.717) is 5.65 Å². The highest BCUT2D eigenvalue weighted by Gasteiger charge is 1.99. The van der Waals surface area contributed by atoms with E-state index < -0.39 is 0 Å². The molecule has 4 heteroatoms. The molecular formula is C8H9N3O. The van der Waals surface area contributed by atoms with Crippen molar-refractivity contribution in [3.8, 4) is 0 Å². The minimum Gasteiger partial charge on any atom is -0.284 e. The molecule has 0 saturated carbocycles. The van der Waals surface area contributed by atoms with Gasteiger partial charge in [0.2, 0.25) is 0 Å². The summed E-state index contributed by atoms with van der Waals surface area (Å²) in [6, 6.07) is 3.28. The van der Waals surface area contributed by atoms with E-state index in [-0.39, 0.29) is 5.56 Å². The predicted octanol–water partition coefficient (Wildman–Crippen LogP) is 0.516. The molecule has 0 spiro atoms. The molecule has 2 aromatic heterocycles. The van der Waals surface area contributed by atoms with E-state index in [9.17, 15) is 4.79 Å². The van der Waals surface area contributed by atoms with Crippen LogP contribution in [0.2, 0.25) is 0 Å². The molecule has 0 bridgehead atoms. The van der Waals surface area contributed by atoms with Gasteiger partial charge in [-0.3, -0.25) is 9.48 Å². The molecule has 0 saturated heterocycles. The molecule has 0 atom stereocenters. The van der Waals surface area contributed by atoms with Crippen LogP contribution in [-0.4, -0.2) is 14.2 Å². The standard InChI is InChI=1S/C8H9N3O/c1-2-10-6-4-7-9-5-3-8(12)11(7)10/h3-6H,2H2,1H3. The average molecular weight is 163 g/mol. The van der Waals surface area contributed by atoms with Crippen molar-refractivity contribution in [1.82, 2.24) is 14.2 Å². The second-order valence-corrected chi connectivity index (χ2v) is 2.52. The maximum atomic E-state index is 11.3. The van der Waals surface area contributed by atoms with Gasteiger partial charge in [-0.05, 0) is 6.92 Å². The quantitative estimate of drug-likeness (QED) is 0.614. The molecule has 62 valence electrons. The zero-order valence-corrected chi connectivity index (χ0v) is 6.77. The third-order valence-electron chi connectivity index (χ3n) is 1.83. The first-order chi connectivity index (χ1) is 5.83. The molecular weight excluding hydrogens is 154 g/mol. The van der Waals surface area contributed by atoms with Crippen molar-refractivity contribution in [3.05, 3.63) is 34.9 Å². The lowest BCUT2D eigenvalue weighted by Crippen LogP contribution is -2.19. The van der Waals surface area contributed by atoms with E-state index in [1.165, 1.54) is 12.3 Å². The van der Waals surface area contributed by atoms with Crippen LogP contribution >= 0.6 is 0 Å². The number of nitrogens with zero attached hydrogens (tertiary/aromatic N) is 3. The summed E-state index contributed by atoms with van der Waals surface area (Å²) in [4.78, 5) is 15.4. The molecule has 0 aromatic carbocycles. The Morgan fingerprint density at radius 1 is 1.50 bits per heavy atom. The number of aromatic nitrogens is 3. The molecule has 0 amide bonds. The van der Waals surface area contributed by atoms with Gasteiger partial charge in [0.05, 0.1) is 0 Å². The highest BCUT2D eigenvalue weighted by atomic mass is 16.1. The van der Waals surface area contributed by atoms with Crippen LogP contribution in [0.15, 0.2) is 29.3 Å². The van der Waals surface area contributed by atoms with Crippen molar-refractivity contribution in [2.75, 3.05) is 0 Å². The van der Waals surface area contributed by atoms with Crippen molar-refractivity contribution in [2.24, 2.45) is 0 Å². The molecule has 12 heavy (non-hydrogen) atoms. The van der Waals surface area contributed by atoms with E-state index in [1.807, 2.05) is 23.9 Å². The van der Waals surface area contributed by atoms with E-state index >= 15 is 0 Å². The Morgan fingerprint density at radius 2 is 2.33 bits per heavy atom. The van der Waals surface area contributed by atoms with Crippen molar-refractivity contribution in [1.29, 1.82) is 0 Å². The summed E-state index contributed by atoms with van der Waals surface area (Å²) in [6.07, 6.45) is 3.38. The van der Waals surface area contributed by atoms with Crippen LogP contribution in [0.25, 0.3) is 5.65 Å². The highest BCUT2D eigenvalue weighted by molar-refractivity contribution is 5.34. The number of hydrogen-bond donors (Lipinski definition) is 0. The molecule has 0 radical (unpaired) electrons. The Labute approximate surface area is 69.1 Å². The van der Waals surface area contributed by atoms with Gasteiger partial charge in [0.25, 0.3) is 5.56 Å². The van der Waals surface area contributed by atoms with Gasteiger partial charge in [-0.25, -0.2) is 4.98 Å². The summed E-state index contributed by atoms with van der Waals surface area (Å²) in [7, 11) is 0. The van der Waals surface area contributed by atoms with Crippen LogP contribution in [0.5, 0.6) is 0 Å². The molecule has 2 aromatic rings. The maximum Gasteiger partial charge on any atom is 0.272 e. The summed E-state index contributed by atoms with van der Waals surface area (Å²) in [5, 5.41) is 0. The first-order valence-electron chi connectivity index (χ1n) is 3.86. The summed E-state index contributed by atoms with van der Waals surface area (Å²) >= 11 is 0. The monoisotopic (exact) mass is 163 g/mol. The highest BCUT2D eigenvalue weighted by Crippen LogP contribution is 1.96. The minimum atomic E-state index is -0.0353. The van der Waals surface area contributed by atoms with Gasteiger partial charge >= 0.3 is 0 Å². The number of rotatable bonds is 1. The van der Waals surface area contributed by atoms with Crippen molar-refractivity contribution >= 4 is 5.65 Å². The van der Waals surface area contributed by atoms with Crippen LogP contribution in [0.3, 0.4) is 0 Å². The molecule has 0 N–H and O–H groups in total. The second kappa shape index (κ2) is 2.48. The van der Waals surface area contributed by atoms with E-state index in [0.717, 1.165) is 6.54 Å². The Balaban J connectivity index is 2.92. The van der Waals surface area contributed by atoms with Crippen LogP contribution in [0, 0.1) is 0 Å². The number of aryl methyl sites for hydroxylation is 1. The number of hydrogen-bond acceptors (Lipinski definition) is 2. The zero-order chi connectivity index (χ0) is 8.55. The van der Waals surface area contributed by atoms with Gasteiger partial charge in [0.15, 0.2) is 5.65 Å². The molecule has 2 rings (SSSR count). The Morgan fingerprint density at radius 3 is 3.08 bits per heavy atom. The third kappa shape index (κ3) is 0.845. The lowest BCUT2D eigenvalue weighted by Gasteiger charge is -2.00. The first kappa shape index (κ1) is 7.09. The van der Waals surface area contributed by atoms with Crippen molar-refractivity contribution in [3.63, 3.8) is 0 Å². The summed E-state index contributed by atoms with van der Waals surface area (Å²) in [5.74, 6) is 0. The van der Waals surface area contributed by atoms with Gasteiger partial charge in [-0.1, -0.05) is 0 Å². The Kier molecular flexibility index (Phi) is 1.46.